The molecule has 0 aromatic carbocycles. The van der Waals surface area contributed by atoms with Crippen LogP contribution in [0.15, 0.2) is 35.2 Å². The number of esters is 1. The smallest absolute Gasteiger partial charge is 0.302 e. The predicted octanol–water partition coefficient (Wildman–Crippen LogP) is 5.45. The highest BCUT2D eigenvalue weighted by atomic mass is 16.6. The lowest BCUT2D eigenvalue weighted by atomic mass is 9.36. The van der Waals surface area contributed by atoms with E-state index in [-0.39, 0.29) is 57.6 Å². The van der Waals surface area contributed by atoms with E-state index in [0.29, 0.717) is 12.3 Å². The maximum absolute atomic E-state index is 12.9. The number of fused-ring (bicyclic) bond motifs is 3. The summed E-state index contributed by atoms with van der Waals surface area (Å²) in [5.74, 6) is 0.683. The third kappa shape index (κ3) is 2.28. The average Bonchev–Trinajstić information content (AvgIpc) is 3.10. The molecule has 1 saturated heterocycles. The largest absolute Gasteiger partial charge is 0.472 e. The molecule has 1 aromatic rings. The van der Waals surface area contributed by atoms with E-state index in [4.69, 9.17) is 13.9 Å². The summed E-state index contributed by atoms with van der Waals surface area (Å²) in [6.45, 7) is 12.7. The lowest BCUT2D eigenvalue weighted by molar-refractivity contribution is -0.232. The van der Waals surface area contributed by atoms with Gasteiger partial charge in [0.1, 0.15) is 11.7 Å². The highest BCUT2D eigenvalue weighted by Crippen LogP contribution is 2.82. The van der Waals surface area contributed by atoms with Crippen LogP contribution in [0, 0.1) is 33.5 Å². The van der Waals surface area contributed by atoms with Crippen molar-refractivity contribution >= 4 is 11.8 Å². The molecule has 6 rings (SSSR count). The second-order valence-corrected chi connectivity index (χ2v) is 12.7. The maximum Gasteiger partial charge on any atom is 0.302 e. The molecule has 178 valence electrons. The zero-order valence-corrected chi connectivity index (χ0v) is 20.6. The maximum atomic E-state index is 12.9. The van der Waals surface area contributed by atoms with Crippen LogP contribution in [0.2, 0.25) is 0 Å². The number of rotatable bonds is 2. The number of hydrogen-bond acceptors (Lipinski definition) is 5. The Labute approximate surface area is 196 Å². The minimum absolute atomic E-state index is 0.0574. The highest BCUT2D eigenvalue weighted by molar-refractivity contribution is 5.95. The van der Waals surface area contributed by atoms with Gasteiger partial charge in [0.2, 0.25) is 0 Å². The van der Waals surface area contributed by atoms with Crippen molar-refractivity contribution < 1.29 is 23.5 Å². The molecule has 0 amide bonds. The summed E-state index contributed by atoms with van der Waals surface area (Å²) >= 11 is 0. The molecule has 4 fully saturated rings. The summed E-state index contributed by atoms with van der Waals surface area (Å²) in [5.41, 5.74) is -0.107. The van der Waals surface area contributed by atoms with E-state index in [1.807, 2.05) is 12.3 Å². The number of carbonyl (C=O) groups excluding carboxylic acids is 2. The number of epoxide rings is 1. The van der Waals surface area contributed by atoms with E-state index >= 15 is 0 Å². The lowest BCUT2D eigenvalue weighted by Crippen LogP contribution is -2.70. The van der Waals surface area contributed by atoms with Crippen LogP contribution >= 0.6 is 0 Å². The van der Waals surface area contributed by atoms with Crippen LogP contribution in [0.1, 0.15) is 78.7 Å². The topological polar surface area (TPSA) is 69.0 Å². The zero-order valence-electron chi connectivity index (χ0n) is 20.6. The molecule has 9 atom stereocenters. The Morgan fingerprint density at radius 2 is 1.88 bits per heavy atom. The molecular weight excluding hydrogens is 416 g/mol. The van der Waals surface area contributed by atoms with Crippen molar-refractivity contribution in [3.63, 3.8) is 0 Å². The van der Waals surface area contributed by atoms with Gasteiger partial charge in [0, 0.05) is 23.2 Å². The van der Waals surface area contributed by atoms with Gasteiger partial charge in [0.25, 0.3) is 0 Å². The van der Waals surface area contributed by atoms with Crippen LogP contribution < -0.4 is 0 Å². The molecule has 4 aliphatic carbocycles. The molecule has 2 heterocycles. The molecule has 5 heteroatoms. The molecule has 5 nitrogen and oxygen atoms in total. The van der Waals surface area contributed by atoms with Gasteiger partial charge in [-0.3, -0.25) is 9.59 Å². The molecule has 1 aliphatic heterocycles. The third-order valence-electron chi connectivity index (χ3n) is 11.2. The van der Waals surface area contributed by atoms with Gasteiger partial charge in [0.05, 0.1) is 18.6 Å². The Hall–Kier alpha value is -1.88. The summed E-state index contributed by atoms with van der Waals surface area (Å²) in [7, 11) is 0. The zero-order chi connectivity index (χ0) is 23.6. The second-order valence-electron chi connectivity index (χ2n) is 12.7. The van der Waals surface area contributed by atoms with Gasteiger partial charge in [0.15, 0.2) is 5.78 Å². The first-order chi connectivity index (χ1) is 15.4. The lowest BCUT2D eigenvalue weighted by Gasteiger charge is -2.67. The predicted molar refractivity (Wildman–Crippen MR) is 122 cm³/mol. The average molecular weight is 453 g/mol. The third-order valence-corrected chi connectivity index (χ3v) is 11.2. The number of hydrogen-bond donors (Lipinski definition) is 0. The van der Waals surface area contributed by atoms with Gasteiger partial charge in [-0.05, 0) is 66.6 Å². The number of allylic oxidation sites excluding steroid dienone is 2. The standard InChI is InChI=1S/C28H36O5/c1-16(29)32-22-14-20-24(2,3)21(30)8-10-25(20,4)19-7-11-26(5)18(17-9-12-31-15-17)13-23-28(26,33-23)27(19,22)6/h8-10,12,15,18-20,22-23H,7,11,13-14H2,1-6H3/t18-,19+,20?,22+,23?,25+,26-,27?,28?/m0/s1. The van der Waals surface area contributed by atoms with Crippen LogP contribution in [0.5, 0.6) is 0 Å². The summed E-state index contributed by atoms with van der Waals surface area (Å²) < 4.78 is 18.4. The van der Waals surface area contributed by atoms with Crippen LogP contribution in [-0.4, -0.2) is 29.6 Å². The Morgan fingerprint density at radius 1 is 1.12 bits per heavy atom. The molecule has 0 bridgehead atoms. The van der Waals surface area contributed by atoms with Crippen LogP contribution in [-0.2, 0) is 19.1 Å². The minimum Gasteiger partial charge on any atom is -0.472 e. The van der Waals surface area contributed by atoms with Crippen molar-refractivity contribution in [2.75, 3.05) is 0 Å². The van der Waals surface area contributed by atoms with Crippen LogP contribution in [0.4, 0.5) is 0 Å². The summed E-state index contributed by atoms with van der Waals surface area (Å²) in [6, 6.07) is 2.10. The minimum atomic E-state index is -0.486. The first-order valence-electron chi connectivity index (χ1n) is 12.5. The van der Waals surface area contributed by atoms with E-state index in [1.54, 1.807) is 6.26 Å². The van der Waals surface area contributed by atoms with Crippen molar-refractivity contribution in [1.29, 1.82) is 0 Å². The van der Waals surface area contributed by atoms with Gasteiger partial charge in [-0.15, -0.1) is 0 Å². The first-order valence-corrected chi connectivity index (χ1v) is 12.5. The highest BCUT2D eigenvalue weighted by Gasteiger charge is 2.87. The van der Waals surface area contributed by atoms with Crippen molar-refractivity contribution in [3.05, 3.63) is 36.3 Å². The summed E-state index contributed by atoms with van der Waals surface area (Å²) in [6.07, 6.45) is 11.3. The molecule has 33 heavy (non-hydrogen) atoms. The second kappa shape index (κ2) is 6.21. The molecule has 4 unspecified atom stereocenters. The normalized spacial score (nSPS) is 51.2. The van der Waals surface area contributed by atoms with E-state index in [0.717, 1.165) is 19.3 Å². The van der Waals surface area contributed by atoms with Crippen molar-refractivity contribution in [1.82, 2.24) is 0 Å². The van der Waals surface area contributed by atoms with Gasteiger partial charge in [-0.25, -0.2) is 0 Å². The van der Waals surface area contributed by atoms with E-state index in [9.17, 15) is 9.59 Å². The Kier molecular flexibility index (Phi) is 4.07. The quantitative estimate of drug-likeness (QED) is 0.441. The van der Waals surface area contributed by atoms with Gasteiger partial charge < -0.3 is 13.9 Å². The molecule has 3 saturated carbocycles. The fourth-order valence-electron chi connectivity index (χ4n) is 9.76. The van der Waals surface area contributed by atoms with E-state index < -0.39 is 5.41 Å². The molecule has 1 spiro atoms. The summed E-state index contributed by atoms with van der Waals surface area (Å²) in [5, 5.41) is 0. The SMILES string of the molecule is CC(=O)O[C@@H]1CC2C(C)(C)C(=O)C=C[C@]2(C)[C@H]2CC[C@@]3(C)[C@H](c4ccoc4)CC4OC43C12C. The molecule has 0 N–H and O–H groups in total. The van der Waals surface area contributed by atoms with E-state index in [2.05, 4.69) is 46.8 Å². The Balaban J connectivity index is 1.52. The fourth-order valence-corrected chi connectivity index (χ4v) is 9.76. The number of furan rings is 1. The van der Waals surface area contributed by atoms with Crippen molar-refractivity contribution in [2.24, 2.45) is 33.5 Å². The molecular formula is C28H36O5. The number of ether oxygens (including phenoxy) is 2. The molecule has 0 radical (unpaired) electrons. The number of carbonyl (C=O) groups is 2. The van der Waals surface area contributed by atoms with Gasteiger partial charge in [-0.1, -0.05) is 40.7 Å². The van der Waals surface area contributed by atoms with Crippen LogP contribution in [0.25, 0.3) is 0 Å². The molecule has 1 aromatic heterocycles. The first kappa shape index (κ1) is 21.6. The van der Waals surface area contributed by atoms with Crippen molar-refractivity contribution in [3.8, 4) is 0 Å². The number of ketones is 1. The fraction of sp³-hybridized carbons (Fsp3) is 0.714. The summed E-state index contributed by atoms with van der Waals surface area (Å²) in [4.78, 5) is 25.3. The molecule has 5 aliphatic rings. The van der Waals surface area contributed by atoms with Crippen LogP contribution in [0.3, 0.4) is 0 Å². The van der Waals surface area contributed by atoms with Crippen molar-refractivity contribution in [2.45, 2.75) is 91.0 Å². The van der Waals surface area contributed by atoms with Gasteiger partial charge >= 0.3 is 5.97 Å². The van der Waals surface area contributed by atoms with Gasteiger partial charge in [-0.2, -0.15) is 0 Å². The Bertz CT molecular complexity index is 1050. The van der Waals surface area contributed by atoms with E-state index in [1.165, 1.54) is 12.5 Å². The Morgan fingerprint density at radius 3 is 2.55 bits per heavy atom. The monoisotopic (exact) mass is 452 g/mol.